The molecule has 4 nitrogen and oxygen atoms in total. The molecule has 2 atom stereocenters. The van der Waals surface area contributed by atoms with Gasteiger partial charge in [-0.1, -0.05) is 33.6 Å². The average molecular weight is 286 g/mol. The lowest BCUT2D eigenvalue weighted by Crippen LogP contribution is -2.39. The zero-order valence-electron chi connectivity index (χ0n) is 13.6. The highest BCUT2D eigenvalue weighted by molar-refractivity contribution is 5.79. The lowest BCUT2D eigenvalue weighted by Gasteiger charge is -2.34. The van der Waals surface area contributed by atoms with Gasteiger partial charge in [0.05, 0.1) is 17.4 Å². The zero-order chi connectivity index (χ0) is 15.8. The third-order valence-corrected chi connectivity index (χ3v) is 4.10. The molecule has 0 bridgehead atoms. The van der Waals surface area contributed by atoms with Gasteiger partial charge in [-0.15, -0.1) is 0 Å². The van der Waals surface area contributed by atoms with Crippen LogP contribution in [0.3, 0.4) is 0 Å². The summed E-state index contributed by atoms with van der Waals surface area (Å²) in [4.78, 5) is 23.8. The van der Waals surface area contributed by atoms with Crippen LogP contribution >= 0.6 is 0 Å². The Morgan fingerprint density at radius 2 is 1.65 bits per heavy atom. The first-order valence-electron chi connectivity index (χ1n) is 7.66. The Kier molecular flexibility index (Phi) is 7.84. The molecule has 0 aliphatic rings. The minimum absolute atomic E-state index is 0.267. The Balaban J connectivity index is 4.93. The van der Waals surface area contributed by atoms with Gasteiger partial charge >= 0.3 is 11.9 Å². The van der Waals surface area contributed by atoms with Gasteiger partial charge in [-0.3, -0.25) is 9.59 Å². The van der Waals surface area contributed by atoms with Crippen molar-refractivity contribution >= 4 is 11.9 Å². The number of carboxylic acids is 1. The lowest BCUT2D eigenvalue weighted by atomic mass is 9.69. The van der Waals surface area contributed by atoms with E-state index in [1.165, 1.54) is 0 Å². The van der Waals surface area contributed by atoms with Gasteiger partial charge in [0.25, 0.3) is 0 Å². The van der Waals surface area contributed by atoms with Crippen LogP contribution in [0.25, 0.3) is 0 Å². The quantitative estimate of drug-likeness (QED) is 0.486. The summed E-state index contributed by atoms with van der Waals surface area (Å²) in [5.74, 6) is -1.10. The average Bonchev–Trinajstić information content (AvgIpc) is 2.38. The minimum Gasteiger partial charge on any atom is -0.481 e. The number of carboxylic acid groups (broad SMARTS) is 1. The maximum absolute atomic E-state index is 12.3. The fraction of sp³-hybridized carbons (Fsp3) is 0.875. The highest BCUT2D eigenvalue weighted by atomic mass is 16.5. The number of carbonyl (C=O) groups is 2. The summed E-state index contributed by atoms with van der Waals surface area (Å²) >= 11 is 0. The third kappa shape index (κ3) is 5.14. The molecule has 0 rings (SSSR count). The van der Waals surface area contributed by atoms with E-state index in [-0.39, 0.29) is 5.97 Å². The van der Waals surface area contributed by atoms with E-state index in [9.17, 15) is 14.7 Å². The molecule has 0 saturated carbocycles. The number of aliphatic carboxylic acids is 1. The molecule has 118 valence electrons. The van der Waals surface area contributed by atoms with E-state index in [1.807, 2.05) is 27.7 Å². The van der Waals surface area contributed by atoms with Crippen LogP contribution in [0.1, 0.15) is 73.1 Å². The van der Waals surface area contributed by atoms with Crippen molar-refractivity contribution in [2.24, 2.45) is 10.8 Å². The second-order valence-corrected chi connectivity index (χ2v) is 6.20. The summed E-state index contributed by atoms with van der Waals surface area (Å²) in [6.07, 6.45) is 4.08. The van der Waals surface area contributed by atoms with Crippen molar-refractivity contribution in [3.05, 3.63) is 0 Å². The smallest absolute Gasteiger partial charge is 0.311 e. The number of ether oxygens (including phenoxy) is 1. The summed E-state index contributed by atoms with van der Waals surface area (Å²) in [7, 11) is 0. The topological polar surface area (TPSA) is 63.6 Å². The molecule has 0 fully saturated rings. The highest BCUT2D eigenvalue weighted by Gasteiger charge is 2.44. The van der Waals surface area contributed by atoms with Gasteiger partial charge in [0.2, 0.25) is 0 Å². The van der Waals surface area contributed by atoms with Gasteiger partial charge in [0.15, 0.2) is 0 Å². The van der Waals surface area contributed by atoms with Gasteiger partial charge in [-0.2, -0.15) is 0 Å². The van der Waals surface area contributed by atoms with Crippen molar-refractivity contribution in [1.82, 2.24) is 0 Å². The van der Waals surface area contributed by atoms with Gasteiger partial charge in [-0.25, -0.2) is 0 Å². The van der Waals surface area contributed by atoms with E-state index < -0.39 is 16.8 Å². The second kappa shape index (κ2) is 8.28. The largest absolute Gasteiger partial charge is 0.481 e. The number of hydrogen-bond donors (Lipinski definition) is 1. The molecule has 0 heterocycles. The molecule has 0 amide bonds. The Morgan fingerprint density at radius 1 is 1.05 bits per heavy atom. The van der Waals surface area contributed by atoms with E-state index in [2.05, 4.69) is 0 Å². The summed E-state index contributed by atoms with van der Waals surface area (Å²) in [5.41, 5.74) is -1.60. The number of hydrogen-bond acceptors (Lipinski definition) is 3. The first kappa shape index (κ1) is 18.9. The summed E-state index contributed by atoms with van der Waals surface area (Å²) < 4.78 is 5.31. The van der Waals surface area contributed by atoms with Crippen molar-refractivity contribution < 1.29 is 19.4 Å². The zero-order valence-corrected chi connectivity index (χ0v) is 13.6. The van der Waals surface area contributed by atoms with E-state index in [1.54, 1.807) is 6.92 Å². The van der Waals surface area contributed by atoms with Crippen LogP contribution in [0.2, 0.25) is 0 Å². The van der Waals surface area contributed by atoms with Crippen LogP contribution in [0.5, 0.6) is 0 Å². The van der Waals surface area contributed by atoms with E-state index in [4.69, 9.17) is 4.74 Å². The molecule has 20 heavy (non-hydrogen) atoms. The predicted molar refractivity (Wildman–Crippen MR) is 79.5 cm³/mol. The van der Waals surface area contributed by atoms with Gasteiger partial charge < -0.3 is 9.84 Å². The SMILES string of the molecule is CCCCOC(=O)C(C)(CC)CC(C)(CCC)C(=O)O. The normalized spacial score (nSPS) is 17.1. The lowest BCUT2D eigenvalue weighted by molar-refractivity contribution is -0.161. The Bertz CT molecular complexity index is 326. The minimum atomic E-state index is -0.872. The van der Waals surface area contributed by atoms with Gasteiger partial charge in [0.1, 0.15) is 0 Å². The standard InChI is InChI=1S/C16H30O4/c1-6-9-11-20-14(19)15(4,8-3)12-16(5,10-7-2)13(17)18/h6-12H2,1-5H3,(H,17,18). The Hall–Kier alpha value is -1.06. The molecule has 0 aromatic heterocycles. The maximum Gasteiger partial charge on any atom is 0.311 e. The predicted octanol–water partition coefficient (Wildman–Crippen LogP) is 4.03. The van der Waals surface area contributed by atoms with Crippen molar-refractivity contribution in [2.45, 2.75) is 73.1 Å². The molecule has 1 N–H and O–H groups in total. The van der Waals surface area contributed by atoms with Crippen molar-refractivity contribution in [1.29, 1.82) is 0 Å². The first-order valence-corrected chi connectivity index (χ1v) is 7.66. The summed E-state index contributed by atoms with van der Waals surface area (Å²) in [6, 6.07) is 0. The fourth-order valence-electron chi connectivity index (χ4n) is 2.51. The van der Waals surface area contributed by atoms with E-state index in [0.29, 0.717) is 25.9 Å². The summed E-state index contributed by atoms with van der Waals surface area (Å²) in [5, 5.41) is 9.47. The molecule has 0 radical (unpaired) electrons. The van der Waals surface area contributed by atoms with E-state index >= 15 is 0 Å². The number of rotatable bonds is 10. The third-order valence-electron chi connectivity index (χ3n) is 4.10. The van der Waals surface area contributed by atoms with Crippen LogP contribution in [0.15, 0.2) is 0 Å². The first-order chi connectivity index (χ1) is 9.25. The molecule has 0 saturated heterocycles. The molecule has 0 spiro atoms. The summed E-state index contributed by atoms with van der Waals surface area (Å²) in [6.45, 7) is 9.88. The number of esters is 1. The maximum atomic E-state index is 12.3. The fourth-order valence-corrected chi connectivity index (χ4v) is 2.51. The molecular formula is C16H30O4. The number of unbranched alkanes of at least 4 members (excludes halogenated alkanes) is 1. The van der Waals surface area contributed by atoms with Crippen molar-refractivity contribution in [3.63, 3.8) is 0 Å². The monoisotopic (exact) mass is 286 g/mol. The Morgan fingerprint density at radius 3 is 2.05 bits per heavy atom. The molecular weight excluding hydrogens is 256 g/mol. The molecule has 0 aromatic carbocycles. The number of carbonyl (C=O) groups excluding carboxylic acids is 1. The van der Waals surface area contributed by atoms with Crippen LogP contribution in [-0.2, 0) is 14.3 Å². The van der Waals surface area contributed by atoms with Crippen LogP contribution < -0.4 is 0 Å². The van der Waals surface area contributed by atoms with Crippen LogP contribution in [0, 0.1) is 10.8 Å². The Labute approximate surface area is 122 Å². The molecule has 4 heteroatoms. The molecule has 0 aromatic rings. The molecule has 0 aliphatic heterocycles. The van der Waals surface area contributed by atoms with Crippen molar-refractivity contribution in [2.75, 3.05) is 6.61 Å². The molecule has 2 unspecified atom stereocenters. The van der Waals surface area contributed by atoms with Crippen molar-refractivity contribution in [3.8, 4) is 0 Å². The van der Waals surface area contributed by atoms with Gasteiger partial charge in [0, 0.05) is 0 Å². The highest BCUT2D eigenvalue weighted by Crippen LogP contribution is 2.40. The second-order valence-electron chi connectivity index (χ2n) is 6.20. The van der Waals surface area contributed by atoms with Crippen LogP contribution in [0.4, 0.5) is 0 Å². The van der Waals surface area contributed by atoms with Crippen LogP contribution in [-0.4, -0.2) is 23.7 Å². The molecule has 0 aliphatic carbocycles. The van der Waals surface area contributed by atoms with Gasteiger partial charge in [-0.05, 0) is 39.5 Å². The van der Waals surface area contributed by atoms with E-state index in [0.717, 1.165) is 19.3 Å².